The summed E-state index contributed by atoms with van der Waals surface area (Å²) in [5, 5.41) is 13.1. The van der Waals surface area contributed by atoms with Crippen molar-refractivity contribution in [2.24, 2.45) is 0 Å². The number of nitriles is 1. The zero-order chi connectivity index (χ0) is 13.2. The van der Waals surface area contributed by atoms with Crippen molar-refractivity contribution in [1.29, 1.82) is 5.26 Å². The molecule has 1 aromatic carbocycles. The molecule has 19 heavy (non-hydrogen) atoms. The molecule has 96 valence electrons. The van der Waals surface area contributed by atoms with Crippen molar-refractivity contribution in [1.82, 2.24) is 10.2 Å². The van der Waals surface area contributed by atoms with E-state index in [1.54, 1.807) is 11.0 Å². The minimum atomic E-state index is -0.436. The first-order valence-corrected chi connectivity index (χ1v) is 6.19. The van der Waals surface area contributed by atoms with Crippen LogP contribution in [0, 0.1) is 11.3 Å². The summed E-state index contributed by atoms with van der Waals surface area (Å²) in [6.45, 7) is 1.72. The quantitative estimate of drug-likeness (QED) is 0.835. The van der Waals surface area contributed by atoms with Crippen LogP contribution in [-0.4, -0.2) is 36.5 Å². The van der Waals surface area contributed by atoms with Gasteiger partial charge in [0, 0.05) is 25.0 Å². The lowest BCUT2D eigenvalue weighted by molar-refractivity contribution is 0.0657. The molecule has 0 aliphatic carbocycles. The van der Waals surface area contributed by atoms with Crippen molar-refractivity contribution >= 4 is 16.9 Å². The SMILES string of the molecule is N#CC1CNCCN1C(=O)c1cc2ccccc2o1. The van der Waals surface area contributed by atoms with Crippen LogP contribution in [0.1, 0.15) is 10.6 Å². The molecule has 1 unspecified atom stereocenters. The number of carbonyl (C=O) groups excluding carboxylic acids is 1. The lowest BCUT2D eigenvalue weighted by Gasteiger charge is -2.31. The van der Waals surface area contributed by atoms with Crippen molar-refractivity contribution in [3.05, 3.63) is 36.1 Å². The molecule has 1 amide bonds. The Labute approximate surface area is 110 Å². The number of piperazine rings is 1. The Hall–Kier alpha value is -2.32. The Bertz CT molecular complexity index is 623. The van der Waals surface area contributed by atoms with E-state index in [0.29, 0.717) is 31.0 Å². The summed E-state index contributed by atoms with van der Waals surface area (Å²) >= 11 is 0. The number of fused-ring (bicyclic) bond motifs is 1. The van der Waals surface area contributed by atoms with Crippen LogP contribution >= 0.6 is 0 Å². The summed E-state index contributed by atoms with van der Waals surface area (Å²) < 4.78 is 5.55. The predicted octanol–water partition coefficient (Wildman–Crippen LogP) is 1.37. The van der Waals surface area contributed by atoms with Crippen molar-refractivity contribution in [2.75, 3.05) is 19.6 Å². The first-order chi connectivity index (χ1) is 9.29. The summed E-state index contributed by atoms with van der Waals surface area (Å²) in [6, 6.07) is 10.9. The van der Waals surface area contributed by atoms with Gasteiger partial charge in [0.05, 0.1) is 6.07 Å². The molecule has 1 fully saturated rings. The van der Waals surface area contributed by atoms with E-state index in [-0.39, 0.29) is 5.91 Å². The van der Waals surface area contributed by atoms with Crippen LogP contribution in [0.5, 0.6) is 0 Å². The van der Waals surface area contributed by atoms with Crippen LogP contribution < -0.4 is 5.32 Å². The Balaban J connectivity index is 1.92. The van der Waals surface area contributed by atoms with Crippen LogP contribution in [0.3, 0.4) is 0 Å². The van der Waals surface area contributed by atoms with E-state index in [2.05, 4.69) is 11.4 Å². The molecule has 5 heteroatoms. The molecule has 0 bridgehead atoms. The van der Waals surface area contributed by atoms with Crippen LogP contribution in [0.15, 0.2) is 34.7 Å². The minimum absolute atomic E-state index is 0.218. The van der Waals surface area contributed by atoms with Gasteiger partial charge in [-0.1, -0.05) is 18.2 Å². The van der Waals surface area contributed by atoms with E-state index >= 15 is 0 Å². The third kappa shape index (κ3) is 2.07. The number of nitrogens with zero attached hydrogens (tertiary/aromatic N) is 2. The summed E-state index contributed by atoms with van der Waals surface area (Å²) in [5.74, 6) is 0.0765. The van der Waals surface area contributed by atoms with Crippen molar-refractivity contribution in [3.63, 3.8) is 0 Å². The Kier molecular flexibility index (Phi) is 2.94. The fourth-order valence-electron chi connectivity index (χ4n) is 2.29. The van der Waals surface area contributed by atoms with Gasteiger partial charge in [-0.25, -0.2) is 0 Å². The summed E-state index contributed by atoms with van der Waals surface area (Å²) in [5.41, 5.74) is 0.689. The van der Waals surface area contributed by atoms with E-state index in [4.69, 9.17) is 9.68 Å². The van der Waals surface area contributed by atoms with Gasteiger partial charge in [0.2, 0.25) is 0 Å². The molecule has 3 rings (SSSR count). The number of furan rings is 1. The second-order valence-corrected chi connectivity index (χ2v) is 4.50. The van der Waals surface area contributed by atoms with Crippen molar-refractivity contribution in [3.8, 4) is 6.07 Å². The molecule has 2 aromatic rings. The van der Waals surface area contributed by atoms with Gasteiger partial charge in [-0.2, -0.15) is 5.26 Å². The topological polar surface area (TPSA) is 69.3 Å². The van der Waals surface area contributed by atoms with Crippen LogP contribution in [-0.2, 0) is 0 Å². The fourth-order valence-corrected chi connectivity index (χ4v) is 2.29. The monoisotopic (exact) mass is 255 g/mol. The average Bonchev–Trinajstić information content (AvgIpc) is 2.90. The smallest absolute Gasteiger partial charge is 0.290 e. The lowest BCUT2D eigenvalue weighted by atomic mass is 10.2. The number of para-hydroxylation sites is 1. The van der Waals surface area contributed by atoms with E-state index in [1.807, 2.05) is 24.3 Å². The molecular formula is C14H13N3O2. The maximum absolute atomic E-state index is 12.4. The number of rotatable bonds is 1. The molecule has 1 atom stereocenters. The molecule has 0 radical (unpaired) electrons. The number of nitrogens with one attached hydrogen (secondary N) is 1. The lowest BCUT2D eigenvalue weighted by Crippen LogP contribution is -2.52. The molecule has 0 spiro atoms. The Morgan fingerprint density at radius 1 is 1.47 bits per heavy atom. The summed E-state index contributed by atoms with van der Waals surface area (Å²) in [7, 11) is 0. The highest BCUT2D eigenvalue weighted by molar-refractivity contribution is 5.96. The number of benzene rings is 1. The normalized spacial score (nSPS) is 19.3. The highest BCUT2D eigenvalue weighted by Crippen LogP contribution is 2.21. The molecule has 2 heterocycles. The Morgan fingerprint density at radius 3 is 3.11 bits per heavy atom. The maximum atomic E-state index is 12.4. The molecule has 0 saturated carbocycles. The molecule has 1 N–H and O–H groups in total. The molecule has 1 aliphatic heterocycles. The summed E-state index contributed by atoms with van der Waals surface area (Å²) in [6.07, 6.45) is 0. The number of carbonyl (C=O) groups is 1. The van der Waals surface area contributed by atoms with E-state index in [9.17, 15) is 4.79 Å². The highest BCUT2D eigenvalue weighted by Gasteiger charge is 2.29. The standard InChI is InChI=1S/C14H13N3O2/c15-8-11-9-16-5-6-17(11)14(18)13-7-10-3-1-2-4-12(10)19-13/h1-4,7,11,16H,5-6,9H2. The number of hydrogen-bond donors (Lipinski definition) is 1. The number of hydrogen-bond acceptors (Lipinski definition) is 4. The van der Waals surface area contributed by atoms with Crippen molar-refractivity contribution in [2.45, 2.75) is 6.04 Å². The van der Waals surface area contributed by atoms with Gasteiger partial charge in [0.25, 0.3) is 5.91 Å². The molecule has 1 aromatic heterocycles. The van der Waals surface area contributed by atoms with E-state index < -0.39 is 6.04 Å². The zero-order valence-electron chi connectivity index (χ0n) is 10.3. The predicted molar refractivity (Wildman–Crippen MR) is 69.5 cm³/mol. The van der Waals surface area contributed by atoms with Crippen molar-refractivity contribution < 1.29 is 9.21 Å². The minimum Gasteiger partial charge on any atom is -0.451 e. The third-order valence-electron chi connectivity index (χ3n) is 3.29. The van der Waals surface area contributed by atoms with Gasteiger partial charge in [-0.15, -0.1) is 0 Å². The highest BCUT2D eigenvalue weighted by atomic mass is 16.3. The van der Waals surface area contributed by atoms with Gasteiger partial charge in [0.15, 0.2) is 5.76 Å². The molecule has 5 nitrogen and oxygen atoms in total. The first-order valence-electron chi connectivity index (χ1n) is 6.19. The zero-order valence-corrected chi connectivity index (χ0v) is 10.3. The van der Waals surface area contributed by atoms with Crippen LogP contribution in [0.4, 0.5) is 0 Å². The fraction of sp³-hybridized carbons (Fsp3) is 0.286. The Morgan fingerprint density at radius 2 is 2.32 bits per heavy atom. The maximum Gasteiger partial charge on any atom is 0.290 e. The largest absolute Gasteiger partial charge is 0.451 e. The van der Waals surface area contributed by atoms with Crippen LogP contribution in [0.2, 0.25) is 0 Å². The second-order valence-electron chi connectivity index (χ2n) is 4.50. The van der Waals surface area contributed by atoms with Gasteiger partial charge in [0.1, 0.15) is 11.6 Å². The molecule has 1 aliphatic rings. The van der Waals surface area contributed by atoms with Crippen LogP contribution in [0.25, 0.3) is 11.0 Å². The second kappa shape index (κ2) is 4.75. The molecular weight excluding hydrogens is 242 g/mol. The van der Waals surface area contributed by atoms with Gasteiger partial charge >= 0.3 is 0 Å². The van der Waals surface area contributed by atoms with Gasteiger partial charge in [-0.3, -0.25) is 4.79 Å². The van der Waals surface area contributed by atoms with Gasteiger partial charge < -0.3 is 14.6 Å². The molecule has 1 saturated heterocycles. The third-order valence-corrected chi connectivity index (χ3v) is 3.29. The van der Waals surface area contributed by atoms with E-state index in [1.165, 1.54) is 0 Å². The van der Waals surface area contributed by atoms with Gasteiger partial charge in [-0.05, 0) is 12.1 Å². The average molecular weight is 255 g/mol. The van der Waals surface area contributed by atoms with E-state index in [0.717, 1.165) is 5.39 Å². The number of amides is 1. The first kappa shape index (κ1) is 11.8. The summed E-state index contributed by atoms with van der Waals surface area (Å²) in [4.78, 5) is 14.0.